The number of aliphatic hydroxyl groups excluding tert-OH is 2. The first-order valence-corrected chi connectivity index (χ1v) is 9.07. The van der Waals surface area contributed by atoms with Crippen molar-refractivity contribution in [2.24, 2.45) is 5.92 Å². The fourth-order valence-electron chi connectivity index (χ4n) is 3.05. The van der Waals surface area contributed by atoms with Crippen molar-refractivity contribution in [2.45, 2.75) is 51.8 Å². The molecule has 1 aliphatic rings. The summed E-state index contributed by atoms with van der Waals surface area (Å²) in [6, 6.07) is -1.23. The molecule has 3 atom stereocenters. The average Bonchev–Trinajstić information content (AvgIpc) is 2.57. The number of carbonyl (C=O) groups is 2. The third-order valence-electron chi connectivity index (χ3n) is 4.48. The molecule has 8 nitrogen and oxygen atoms in total. The van der Waals surface area contributed by atoms with Crippen LogP contribution in [0.4, 0.5) is 0 Å². The van der Waals surface area contributed by atoms with Crippen LogP contribution in [0.2, 0.25) is 0 Å². The lowest BCUT2D eigenvalue weighted by Crippen LogP contribution is -2.57. The minimum Gasteiger partial charge on any atom is -0.480 e. The summed E-state index contributed by atoms with van der Waals surface area (Å²) in [5, 5.41) is 30.7. The van der Waals surface area contributed by atoms with Gasteiger partial charge in [-0.25, -0.2) is 0 Å². The van der Waals surface area contributed by atoms with Crippen LogP contribution in [-0.4, -0.2) is 94.5 Å². The van der Waals surface area contributed by atoms with Gasteiger partial charge in [0, 0.05) is 32.7 Å². The predicted octanol–water partition coefficient (Wildman–Crippen LogP) is -0.649. The molecule has 1 aliphatic heterocycles. The summed E-state index contributed by atoms with van der Waals surface area (Å²) in [7, 11) is 0. The number of carboxylic acid groups (broad SMARTS) is 1. The Morgan fingerprint density at radius 2 is 1.72 bits per heavy atom. The molecule has 0 aromatic heterocycles. The zero-order valence-corrected chi connectivity index (χ0v) is 15.5. The number of rotatable bonds is 10. The van der Waals surface area contributed by atoms with Crippen molar-refractivity contribution in [3.05, 3.63) is 0 Å². The van der Waals surface area contributed by atoms with Gasteiger partial charge in [0.2, 0.25) is 5.91 Å². The number of hydrogen-bond acceptors (Lipinski definition) is 6. The van der Waals surface area contributed by atoms with Crippen molar-refractivity contribution in [1.29, 1.82) is 0 Å². The van der Waals surface area contributed by atoms with Gasteiger partial charge < -0.3 is 20.2 Å². The van der Waals surface area contributed by atoms with E-state index in [2.05, 4.69) is 5.32 Å². The van der Waals surface area contributed by atoms with Gasteiger partial charge in [-0.05, 0) is 18.8 Å². The second kappa shape index (κ2) is 10.7. The smallest absolute Gasteiger partial charge is 0.320 e. The quantitative estimate of drug-likeness (QED) is 0.410. The summed E-state index contributed by atoms with van der Waals surface area (Å²) in [6.07, 6.45) is 0.245. The molecule has 146 valence electrons. The van der Waals surface area contributed by atoms with Gasteiger partial charge in [0.15, 0.2) is 0 Å². The van der Waals surface area contributed by atoms with Crippen LogP contribution in [0.15, 0.2) is 0 Å². The van der Waals surface area contributed by atoms with Crippen LogP contribution in [0, 0.1) is 5.92 Å². The fourth-order valence-corrected chi connectivity index (χ4v) is 3.05. The Kier molecular flexibility index (Phi) is 9.34. The monoisotopic (exact) mass is 359 g/mol. The molecule has 0 aromatic carbocycles. The van der Waals surface area contributed by atoms with Gasteiger partial charge in [-0.15, -0.1) is 0 Å². The first-order chi connectivity index (χ1) is 11.8. The van der Waals surface area contributed by atoms with Crippen LogP contribution >= 0.6 is 0 Å². The third kappa shape index (κ3) is 7.27. The predicted molar refractivity (Wildman–Crippen MR) is 94.2 cm³/mol. The molecule has 0 radical (unpaired) electrons. The van der Waals surface area contributed by atoms with Crippen molar-refractivity contribution in [1.82, 2.24) is 15.1 Å². The summed E-state index contributed by atoms with van der Waals surface area (Å²) in [6.45, 7) is 8.27. The molecule has 1 fully saturated rings. The summed E-state index contributed by atoms with van der Waals surface area (Å²) in [5.41, 5.74) is 0. The second-order valence-corrected chi connectivity index (χ2v) is 7.11. The normalized spacial score (nSPS) is 19.7. The van der Waals surface area contributed by atoms with Gasteiger partial charge in [-0.1, -0.05) is 20.8 Å². The summed E-state index contributed by atoms with van der Waals surface area (Å²) < 4.78 is 0. The van der Waals surface area contributed by atoms with E-state index < -0.39 is 24.2 Å². The summed E-state index contributed by atoms with van der Waals surface area (Å²) >= 11 is 0. The molecule has 0 saturated carbocycles. The van der Waals surface area contributed by atoms with Gasteiger partial charge in [0.25, 0.3) is 0 Å². The van der Waals surface area contributed by atoms with E-state index >= 15 is 0 Å². The zero-order chi connectivity index (χ0) is 19.0. The Hall–Kier alpha value is -1.22. The maximum atomic E-state index is 12.9. The molecule has 0 spiro atoms. The van der Waals surface area contributed by atoms with Crippen molar-refractivity contribution in [2.75, 3.05) is 39.3 Å². The first-order valence-electron chi connectivity index (χ1n) is 9.07. The average molecular weight is 359 g/mol. The van der Waals surface area contributed by atoms with E-state index in [0.717, 1.165) is 0 Å². The Bertz CT molecular complexity index is 425. The topological polar surface area (TPSA) is 113 Å². The second-order valence-electron chi connectivity index (χ2n) is 7.11. The molecule has 1 unspecified atom stereocenters. The minimum atomic E-state index is -0.938. The van der Waals surface area contributed by atoms with Gasteiger partial charge in [-0.2, -0.15) is 0 Å². The summed E-state index contributed by atoms with van der Waals surface area (Å²) in [5.74, 6) is -0.726. The lowest BCUT2D eigenvalue weighted by molar-refractivity contribution is -0.141. The number of amides is 1. The zero-order valence-electron chi connectivity index (χ0n) is 15.5. The number of piperazine rings is 1. The molecular weight excluding hydrogens is 326 g/mol. The van der Waals surface area contributed by atoms with E-state index in [0.29, 0.717) is 45.6 Å². The number of carboxylic acids is 1. The SMILES string of the molecule is CC[C@@H](N[C@@H](CC(C)C)C(=O)N1CCN(CC(O)CO)CC1)C(=O)O. The Morgan fingerprint density at radius 1 is 1.12 bits per heavy atom. The van der Waals surface area contributed by atoms with Crippen LogP contribution in [0.3, 0.4) is 0 Å². The van der Waals surface area contributed by atoms with E-state index in [1.807, 2.05) is 18.7 Å². The van der Waals surface area contributed by atoms with Crippen molar-refractivity contribution in [3.8, 4) is 0 Å². The summed E-state index contributed by atoms with van der Waals surface area (Å²) in [4.78, 5) is 27.9. The molecule has 1 rings (SSSR count). The van der Waals surface area contributed by atoms with Gasteiger partial charge in [0.1, 0.15) is 6.04 Å². The van der Waals surface area contributed by atoms with Crippen LogP contribution in [0.1, 0.15) is 33.6 Å². The first kappa shape index (κ1) is 21.8. The lowest BCUT2D eigenvalue weighted by atomic mass is 10.0. The van der Waals surface area contributed by atoms with E-state index in [1.165, 1.54) is 0 Å². The Balaban J connectivity index is 2.64. The Morgan fingerprint density at radius 3 is 2.16 bits per heavy atom. The standard InChI is InChI=1S/C17H33N3O5/c1-4-14(17(24)25)18-15(9-12(2)3)16(23)20-7-5-19(6-8-20)10-13(22)11-21/h12-15,18,21-22H,4-11H2,1-3H3,(H,24,25)/t13?,14-,15+/m1/s1. The van der Waals surface area contributed by atoms with E-state index in [1.54, 1.807) is 11.8 Å². The number of nitrogens with one attached hydrogen (secondary N) is 1. The van der Waals surface area contributed by atoms with Crippen LogP contribution < -0.4 is 5.32 Å². The molecule has 8 heteroatoms. The molecule has 1 saturated heterocycles. The largest absolute Gasteiger partial charge is 0.480 e. The lowest BCUT2D eigenvalue weighted by Gasteiger charge is -2.37. The number of β-amino-alcohol motifs (C(OH)–C–C–N with tert-alkyl or cyclic N) is 1. The molecule has 1 heterocycles. The highest BCUT2D eigenvalue weighted by Crippen LogP contribution is 2.12. The van der Waals surface area contributed by atoms with Gasteiger partial charge in [-0.3, -0.25) is 19.8 Å². The molecule has 0 aliphatic carbocycles. The molecule has 25 heavy (non-hydrogen) atoms. The molecule has 4 N–H and O–H groups in total. The highest BCUT2D eigenvalue weighted by Gasteiger charge is 2.31. The minimum absolute atomic E-state index is 0.0595. The molecule has 0 aromatic rings. The molecule has 0 bridgehead atoms. The number of nitrogens with zero attached hydrogens (tertiary/aromatic N) is 2. The highest BCUT2D eigenvalue weighted by atomic mass is 16.4. The van der Waals surface area contributed by atoms with Crippen molar-refractivity contribution in [3.63, 3.8) is 0 Å². The van der Waals surface area contributed by atoms with E-state index in [-0.39, 0.29) is 18.4 Å². The maximum Gasteiger partial charge on any atom is 0.320 e. The van der Waals surface area contributed by atoms with Gasteiger partial charge >= 0.3 is 5.97 Å². The van der Waals surface area contributed by atoms with E-state index in [9.17, 15) is 19.8 Å². The highest BCUT2D eigenvalue weighted by molar-refractivity contribution is 5.83. The number of aliphatic hydroxyl groups is 2. The fraction of sp³-hybridized carbons (Fsp3) is 0.882. The number of aliphatic carboxylic acids is 1. The Labute approximate surface area is 149 Å². The maximum absolute atomic E-state index is 12.9. The van der Waals surface area contributed by atoms with Crippen molar-refractivity contribution >= 4 is 11.9 Å². The van der Waals surface area contributed by atoms with Gasteiger partial charge in [0.05, 0.1) is 18.8 Å². The third-order valence-corrected chi connectivity index (χ3v) is 4.48. The van der Waals surface area contributed by atoms with E-state index in [4.69, 9.17) is 5.11 Å². The number of carbonyl (C=O) groups excluding carboxylic acids is 1. The molecule has 1 amide bonds. The van der Waals surface area contributed by atoms with Crippen molar-refractivity contribution < 1.29 is 24.9 Å². The van der Waals surface area contributed by atoms with Crippen LogP contribution in [0.5, 0.6) is 0 Å². The van der Waals surface area contributed by atoms with Crippen LogP contribution in [-0.2, 0) is 9.59 Å². The van der Waals surface area contributed by atoms with Crippen LogP contribution in [0.25, 0.3) is 0 Å². The number of hydrogen-bond donors (Lipinski definition) is 4. The molecular formula is C17H33N3O5.